The summed E-state index contributed by atoms with van der Waals surface area (Å²) in [5, 5.41) is 4.20. The molecule has 2 saturated heterocycles. The van der Waals surface area contributed by atoms with E-state index in [0.29, 0.717) is 11.8 Å². The number of aromatic nitrogens is 1. The van der Waals surface area contributed by atoms with Crippen LogP contribution in [0.25, 0.3) is 0 Å². The minimum absolute atomic E-state index is 0.230. The highest BCUT2D eigenvalue weighted by molar-refractivity contribution is 7.99. The first-order valence-corrected chi connectivity index (χ1v) is 9.99. The van der Waals surface area contributed by atoms with Crippen LogP contribution in [0, 0.1) is 5.92 Å². The summed E-state index contributed by atoms with van der Waals surface area (Å²) in [6, 6.07) is 2.13. The highest BCUT2D eigenvalue weighted by Crippen LogP contribution is 2.40. The maximum Gasteiger partial charge on any atom is 0.225 e. The molecule has 5 nitrogen and oxygen atoms in total. The Balaban J connectivity index is 1.25. The second kappa shape index (κ2) is 6.85. The van der Waals surface area contributed by atoms with Crippen LogP contribution in [0.15, 0.2) is 10.6 Å². The molecule has 0 atom stereocenters. The van der Waals surface area contributed by atoms with Crippen LogP contribution in [0.5, 0.6) is 0 Å². The van der Waals surface area contributed by atoms with Crippen molar-refractivity contribution in [1.29, 1.82) is 0 Å². The van der Waals surface area contributed by atoms with Crippen LogP contribution in [0.1, 0.15) is 43.1 Å². The predicted molar refractivity (Wildman–Crippen MR) is 90.4 cm³/mol. The molecule has 1 aromatic rings. The second-order valence-corrected chi connectivity index (χ2v) is 8.21. The lowest BCUT2D eigenvalue weighted by molar-refractivity contribution is -0.136. The smallest absolute Gasteiger partial charge is 0.225 e. The Kier molecular flexibility index (Phi) is 4.62. The maximum atomic E-state index is 12.6. The van der Waals surface area contributed by atoms with Crippen LogP contribution in [-0.2, 0) is 11.3 Å². The number of piperidine rings is 1. The Labute approximate surface area is 141 Å². The van der Waals surface area contributed by atoms with Gasteiger partial charge in [-0.1, -0.05) is 5.16 Å². The fourth-order valence-corrected chi connectivity index (χ4v) is 4.48. The molecule has 0 bridgehead atoms. The van der Waals surface area contributed by atoms with E-state index in [2.05, 4.69) is 21.0 Å². The number of amides is 1. The fraction of sp³-hybridized carbons (Fsp3) is 0.765. The van der Waals surface area contributed by atoms with Crippen molar-refractivity contribution in [2.45, 2.75) is 38.1 Å². The van der Waals surface area contributed by atoms with E-state index in [0.717, 1.165) is 68.5 Å². The standard InChI is InChI=1S/C17H25N3O2S/c21-17(20-7-9-23-10-8-20)14-3-5-19(6-4-14)12-15-11-16(22-18-15)13-1-2-13/h11,13-14H,1-10,12H2. The lowest BCUT2D eigenvalue weighted by Gasteiger charge is -2.35. The normalized spacial score (nSPS) is 24.1. The SMILES string of the molecule is O=C(C1CCN(Cc2cc(C3CC3)on2)CC1)N1CCSCC1. The van der Waals surface area contributed by atoms with Crippen molar-refractivity contribution in [1.82, 2.24) is 15.0 Å². The number of likely N-dealkylation sites (tertiary alicyclic amines) is 1. The first-order chi connectivity index (χ1) is 11.3. The predicted octanol–water partition coefficient (Wildman–Crippen LogP) is 2.34. The third-order valence-corrected chi connectivity index (χ3v) is 6.14. The summed E-state index contributed by atoms with van der Waals surface area (Å²) in [4.78, 5) is 17.1. The van der Waals surface area contributed by atoms with E-state index < -0.39 is 0 Å². The number of rotatable bonds is 4. The second-order valence-electron chi connectivity index (χ2n) is 6.98. The highest BCUT2D eigenvalue weighted by Gasteiger charge is 2.30. The van der Waals surface area contributed by atoms with Gasteiger partial charge in [-0.3, -0.25) is 9.69 Å². The van der Waals surface area contributed by atoms with Crippen LogP contribution < -0.4 is 0 Å². The molecule has 0 N–H and O–H groups in total. The van der Waals surface area contributed by atoms with Crippen LogP contribution in [-0.4, -0.2) is 58.5 Å². The quantitative estimate of drug-likeness (QED) is 0.845. The Morgan fingerprint density at radius 1 is 1.17 bits per heavy atom. The average molecular weight is 335 g/mol. The number of hydrogen-bond donors (Lipinski definition) is 0. The zero-order chi connectivity index (χ0) is 15.6. The summed E-state index contributed by atoms with van der Waals surface area (Å²) in [7, 11) is 0. The van der Waals surface area contributed by atoms with Gasteiger partial charge < -0.3 is 9.42 Å². The summed E-state index contributed by atoms with van der Waals surface area (Å²) in [5.74, 6) is 4.51. The number of nitrogens with zero attached hydrogens (tertiary/aromatic N) is 3. The Bertz CT molecular complexity index is 544. The Morgan fingerprint density at radius 2 is 1.91 bits per heavy atom. The Hall–Kier alpha value is -1.01. The van der Waals surface area contributed by atoms with Crippen molar-refractivity contribution in [2.24, 2.45) is 5.92 Å². The molecule has 3 aliphatic rings. The summed E-state index contributed by atoms with van der Waals surface area (Å²) in [5.41, 5.74) is 1.05. The fourth-order valence-electron chi connectivity index (χ4n) is 3.57. The third-order valence-electron chi connectivity index (χ3n) is 5.20. The van der Waals surface area contributed by atoms with Crippen molar-refractivity contribution in [3.8, 4) is 0 Å². The van der Waals surface area contributed by atoms with E-state index >= 15 is 0 Å². The van der Waals surface area contributed by atoms with E-state index in [1.165, 1.54) is 12.8 Å². The first-order valence-electron chi connectivity index (χ1n) is 8.84. The van der Waals surface area contributed by atoms with Gasteiger partial charge in [0.2, 0.25) is 5.91 Å². The van der Waals surface area contributed by atoms with Gasteiger partial charge in [-0.25, -0.2) is 0 Å². The van der Waals surface area contributed by atoms with Crippen LogP contribution in [0.3, 0.4) is 0 Å². The molecule has 0 unspecified atom stereocenters. The Morgan fingerprint density at radius 3 is 2.61 bits per heavy atom. The van der Waals surface area contributed by atoms with Gasteiger partial charge in [0.15, 0.2) is 0 Å². The minimum Gasteiger partial charge on any atom is -0.361 e. The minimum atomic E-state index is 0.230. The van der Waals surface area contributed by atoms with E-state index in [9.17, 15) is 4.79 Å². The van der Waals surface area contributed by atoms with Gasteiger partial charge >= 0.3 is 0 Å². The average Bonchev–Trinajstić information content (AvgIpc) is 3.36. The molecule has 0 radical (unpaired) electrons. The van der Waals surface area contributed by atoms with Crippen LogP contribution in [0.4, 0.5) is 0 Å². The topological polar surface area (TPSA) is 49.6 Å². The number of carbonyl (C=O) groups is 1. The molecule has 1 saturated carbocycles. The largest absolute Gasteiger partial charge is 0.361 e. The zero-order valence-electron chi connectivity index (χ0n) is 13.6. The maximum absolute atomic E-state index is 12.6. The molecule has 23 heavy (non-hydrogen) atoms. The molecular formula is C17H25N3O2S. The van der Waals surface area contributed by atoms with Gasteiger partial charge in [0.05, 0.1) is 5.69 Å². The van der Waals surface area contributed by atoms with Crippen molar-refractivity contribution < 1.29 is 9.32 Å². The van der Waals surface area contributed by atoms with Gasteiger partial charge in [-0.15, -0.1) is 0 Å². The molecule has 0 spiro atoms. The number of carbonyl (C=O) groups excluding carboxylic acids is 1. The van der Waals surface area contributed by atoms with Gasteiger partial charge in [0.25, 0.3) is 0 Å². The lowest BCUT2D eigenvalue weighted by Crippen LogP contribution is -2.45. The van der Waals surface area contributed by atoms with Crippen LogP contribution >= 0.6 is 11.8 Å². The van der Waals surface area contributed by atoms with Gasteiger partial charge in [-0.2, -0.15) is 11.8 Å². The molecule has 3 heterocycles. The molecule has 126 valence electrons. The summed E-state index contributed by atoms with van der Waals surface area (Å²) in [6.45, 7) is 4.71. The van der Waals surface area contributed by atoms with Crippen molar-refractivity contribution in [3.63, 3.8) is 0 Å². The van der Waals surface area contributed by atoms with E-state index in [-0.39, 0.29) is 5.92 Å². The van der Waals surface area contributed by atoms with E-state index in [1.54, 1.807) is 0 Å². The van der Waals surface area contributed by atoms with Gasteiger partial charge in [-0.05, 0) is 38.8 Å². The summed E-state index contributed by atoms with van der Waals surface area (Å²) < 4.78 is 5.43. The number of hydrogen-bond acceptors (Lipinski definition) is 5. The van der Waals surface area contributed by atoms with E-state index in [1.807, 2.05) is 11.8 Å². The molecular weight excluding hydrogens is 310 g/mol. The zero-order valence-corrected chi connectivity index (χ0v) is 14.4. The molecule has 4 rings (SSSR count). The van der Waals surface area contributed by atoms with Crippen LogP contribution in [0.2, 0.25) is 0 Å². The van der Waals surface area contributed by atoms with E-state index in [4.69, 9.17) is 4.52 Å². The summed E-state index contributed by atoms with van der Waals surface area (Å²) in [6.07, 6.45) is 4.46. The van der Waals surface area contributed by atoms with Crippen molar-refractivity contribution in [2.75, 3.05) is 37.7 Å². The molecule has 2 aliphatic heterocycles. The van der Waals surface area contributed by atoms with Gasteiger partial charge in [0.1, 0.15) is 5.76 Å². The monoisotopic (exact) mass is 335 g/mol. The molecule has 6 heteroatoms. The molecule has 1 amide bonds. The molecule has 0 aromatic carbocycles. The van der Waals surface area contributed by atoms with Crippen molar-refractivity contribution >= 4 is 17.7 Å². The molecule has 1 aromatic heterocycles. The van der Waals surface area contributed by atoms with Crippen molar-refractivity contribution in [3.05, 3.63) is 17.5 Å². The lowest BCUT2D eigenvalue weighted by atomic mass is 9.95. The third kappa shape index (κ3) is 3.74. The molecule has 3 fully saturated rings. The summed E-state index contributed by atoms with van der Waals surface area (Å²) >= 11 is 1.95. The first kappa shape index (κ1) is 15.5. The van der Waals surface area contributed by atoms with Gasteiger partial charge in [0, 0.05) is 49.0 Å². The molecule has 1 aliphatic carbocycles. The number of thioether (sulfide) groups is 1. The highest BCUT2D eigenvalue weighted by atomic mass is 32.2.